The summed E-state index contributed by atoms with van der Waals surface area (Å²) in [4.78, 5) is 21.9. The van der Waals surface area contributed by atoms with Gasteiger partial charge in [0.1, 0.15) is 5.75 Å². The Labute approximate surface area is 196 Å². The highest BCUT2D eigenvalue weighted by molar-refractivity contribution is 5.94. The summed E-state index contributed by atoms with van der Waals surface area (Å²) in [6, 6.07) is 6.50. The van der Waals surface area contributed by atoms with Crippen LogP contribution < -0.4 is 10.1 Å². The third-order valence-corrected chi connectivity index (χ3v) is 7.90. The zero-order valence-corrected chi connectivity index (χ0v) is 20.0. The van der Waals surface area contributed by atoms with Crippen LogP contribution in [0.2, 0.25) is 0 Å². The molecule has 1 aromatic heterocycles. The van der Waals surface area contributed by atoms with E-state index >= 15 is 0 Å². The number of ether oxygens (including phenoxy) is 2. The minimum absolute atomic E-state index is 0.143. The zero-order chi connectivity index (χ0) is 22.9. The van der Waals surface area contributed by atoms with Gasteiger partial charge in [0.15, 0.2) is 0 Å². The van der Waals surface area contributed by atoms with Gasteiger partial charge in [0.25, 0.3) is 5.91 Å². The number of carbonyl (C=O) groups is 1. The van der Waals surface area contributed by atoms with Crippen molar-refractivity contribution < 1.29 is 14.3 Å². The van der Waals surface area contributed by atoms with Gasteiger partial charge in [-0.1, -0.05) is 19.4 Å². The number of methoxy groups -OCH3 is 2. The first-order chi connectivity index (χ1) is 16.2. The number of hydrogen-bond acceptors (Lipinski definition) is 5. The standard InChI is InChI=1S/C26H36N4O3/c1-4-17-15-30-11-8-18-24-21(6-5-7-23(24)33-3)28-25(18)22(30)14-19(17)20(16-32-2)26(31)29-12-9-27-10-13-29/h5-7,16-17,19,22,27-28H,4,8-15H2,1-3H3/b20-16+/t17-,19+,22+/m1/s1. The van der Waals surface area contributed by atoms with E-state index < -0.39 is 0 Å². The van der Waals surface area contributed by atoms with Crippen LogP contribution in [0.3, 0.4) is 0 Å². The van der Waals surface area contributed by atoms with E-state index in [2.05, 4.69) is 28.2 Å². The lowest BCUT2D eigenvalue weighted by molar-refractivity contribution is -0.129. The SMILES string of the molecule is CC[C@@H]1CN2CCc3c([nH]c4cccc(OC)c34)[C@@H]2C[C@@H]1/C(=C\OC)C(=O)N1CCNCC1. The Hall–Kier alpha value is -2.51. The molecule has 4 heterocycles. The first-order valence-corrected chi connectivity index (χ1v) is 12.3. The Morgan fingerprint density at radius 3 is 2.76 bits per heavy atom. The maximum Gasteiger partial charge on any atom is 0.253 e. The van der Waals surface area contributed by atoms with Gasteiger partial charge in [0.05, 0.1) is 32.1 Å². The summed E-state index contributed by atoms with van der Waals surface area (Å²) in [7, 11) is 3.40. The number of amides is 1. The molecule has 0 saturated carbocycles. The molecule has 0 spiro atoms. The molecular formula is C26H36N4O3. The summed E-state index contributed by atoms with van der Waals surface area (Å²) in [6.07, 6.45) is 4.73. The number of piperidine rings is 1. The van der Waals surface area contributed by atoms with Crippen LogP contribution in [0.4, 0.5) is 0 Å². The molecule has 1 aromatic carbocycles. The molecule has 7 nitrogen and oxygen atoms in total. The summed E-state index contributed by atoms with van der Waals surface area (Å²) < 4.78 is 11.2. The number of benzene rings is 1. The van der Waals surface area contributed by atoms with Crippen LogP contribution in [0.1, 0.15) is 37.1 Å². The first kappa shape index (κ1) is 22.3. The molecule has 178 valence electrons. The molecule has 5 rings (SSSR count). The van der Waals surface area contributed by atoms with Gasteiger partial charge in [0, 0.05) is 55.9 Å². The van der Waals surface area contributed by atoms with E-state index in [0.717, 1.165) is 75.4 Å². The highest BCUT2D eigenvalue weighted by Gasteiger charge is 2.43. The monoisotopic (exact) mass is 452 g/mol. The van der Waals surface area contributed by atoms with Crippen LogP contribution in [0, 0.1) is 11.8 Å². The summed E-state index contributed by atoms with van der Waals surface area (Å²) in [5, 5.41) is 4.56. The van der Waals surface area contributed by atoms with Crippen molar-refractivity contribution in [1.29, 1.82) is 0 Å². The highest BCUT2D eigenvalue weighted by atomic mass is 16.5. The van der Waals surface area contributed by atoms with Crippen LogP contribution in [0.25, 0.3) is 10.9 Å². The summed E-state index contributed by atoms with van der Waals surface area (Å²) in [5.74, 6) is 1.70. The van der Waals surface area contributed by atoms with Gasteiger partial charge in [0.2, 0.25) is 0 Å². The number of H-pyrrole nitrogens is 1. The highest BCUT2D eigenvalue weighted by Crippen LogP contribution is 2.47. The quantitative estimate of drug-likeness (QED) is 0.539. The maximum absolute atomic E-state index is 13.6. The number of rotatable bonds is 5. The molecule has 2 fully saturated rings. The molecule has 2 saturated heterocycles. The molecular weight excluding hydrogens is 416 g/mol. The van der Waals surface area contributed by atoms with Gasteiger partial charge in [-0.3, -0.25) is 9.69 Å². The lowest BCUT2D eigenvalue weighted by Gasteiger charge is -2.47. The fourth-order valence-electron chi connectivity index (χ4n) is 6.23. The second-order valence-electron chi connectivity index (χ2n) is 9.52. The van der Waals surface area contributed by atoms with E-state index in [9.17, 15) is 4.79 Å². The van der Waals surface area contributed by atoms with E-state index in [-0.39, 0.29) is 17.9 Å². The van der Waals surface area contributed by atoms with E-state index in [1.807, 2.05) is 17.0 Å². The van der Waals surface area contributed by atoms with E-state index in [4.69, 9.17) is 9.47 Å². The molecule has 3 aliphatic rings. The van der Waals surface area contributed by atoms with Gasteiger partial charge < -0.3 is 24.7 Å². The topological polar surface area (TPSA) is 69.8 Å². The van der Waals surface area contributed by atoms with Gasteiger partial charge in [-0.25, -0.2) is 0 Å². The number of aromatic nitrogens is 1. The van der Waals surface area contributed by atoms with Gasteiger partial charge in [-0.2, -0.15) is 0 Å². The number of fused-ring (bicyclic) bond motifs is 5. The predicted molar refractivity (Wildman–Crippen MR) is 129 cm³/mol. The van der Waals surface area contributed by atoms with Crippen molar-refractivity contribution in [1.82, 2.24) is 20.1 Å². The van der Waals surface area contributed by atoms with Crippen LogP contribution in [0.15, 0.2) is 30.0 Å². The first-order valence-electron chi connectivity index (χ1n) is 12.3. The molecule has 3 aliphatic heterocycles. The molecule has 0 unspecified atom stereocenters. The van der Waals surface area contributed by atoms with Gasteiger partial charge >= 0.3 is 0 Å². The lowest BCUT2D eigenvalue weighted by atomic mass is 9.73. The fourth-order valence-corrected chi connectivity index (χ4v) is 6.23. The largest absolute Gasteiger partial charge is 0.504 e. The number of aromatic amines is 1. The maximum atomic E-state index is 13.6. The van der Waals surface area contributed by atoms with E-state index in [0.29, 0.717) is 5.92 Å². The normalized spacial score (nSPS) is 26.1. The summed E-state index contributed by atoms with van der Waals surface area (Å²) in [6.45, 7) is 7.51. The zero-order valence-electron chi connectivity index (χ0n) is 20.0. The average Bonchev–Trinajstić information content (AvgIpc) is 3.26. The van der Waals surface area contributed by atoms with E-state index in [1.54, 1.807) is 20.5 Å². The Kier molecular flexibility index (Phi) is 6.34. The third kappa shape index (κ3) is 3.91. The van der Waals surface area contributed by atoms with E-state index in [1.165, 1.54) is 16.6 Å². The molecule has 7 heteroatoms. The van der Waals surface area contributed by atoms with Crippen LogP contribution in [-0.2, 0) is 16.0 Å². The van der Waals surface area contributed by atoms with Crippen LogP contribution >= 0.6 is 0 Å². The predicted octanol–water partition coefficient (Wildman–Crippen LogP) is 3.08. The van der Waals surface area contributed by atoms with Gasteiger partial charge in [-0.15, -0.1) is 0 Å². The van der Waals surface area contributed by atoms with Crippen molar-refractivity contribution in [3.8, 4) is 5.75 Å². The second kappa shape index (κ2) is 9.39. The molecule has 33 heavy (non-hydrogen) atoms. The van der Waals surface area contributed by atoms with Crippen molar-refractivity contribution in [3.63, 3.8) is 0 Å². The number of nitrogens with zero attached hydrogens (tertiary/aromatic N) is 2. The molecule has 2 N–H and O–H groups in total. The molecule has 0 radical (unpaired) electrons. The smallest absolute Gasteiger partial charge is 0.253 e. The minimum Gasteiger partial charge on any atom is -0.504 e. The minimum atomic E-state index is 0.143. The number of nitrogens with one attached hydrogen (secondary N) is 2. The van der Waals surface area contributed by atoms with Crippen molar-refractivity contribution in [2.45, 2.75) is 32.2 Å². The average molecular weight is 453 g/mol. The Morgan fingerprint density at radius 2 is 2.03 bits per heavy atom. The van der Waals surface area contributed by atoms with Crippen molar-refractivity contribution >= 4 is 16.8 Å². The van der Waals surface area contributed by atoms with Crippen molar-refractivity contribution in [2.75, 3.05) is 53.5 Å². The third-order valence-electron chi connectivity index (χ3n) is 7.90. The second-order valence-corrected chi connectivity index (χ2v) is 9.52. The number of piperazine rings is 1. The summed E-state index contributed by atoms with van der Waals surface area (Å²) in [5.41, 5.74) is 4.65. The number of hydrogen-bond donors (Lipinski definition) is 2. The molecule has 1 amide bonds. The molecule has 0 bridgehead atoms. The van der Waals surface area contributed by atoms with Crippen LogP contribution in [-0.4, -0.2) is 74.2 Å². The number of carbonyl (C=O) groups excluding carboxylic acids is 1. The Morgan fingerprint density at radius 1 is 1.21 bits per heavy atom. The Balaban J connectivity index is 1.50. The fraction of sp³-hybridized carbons (Fsp3) is 0.577. The Bertz CT molecular complexity index is 1040. The van der Waals surface area contributed by atoms with Gasteiger partial charge in [-0.05, 0) is 42.4 Å². The van der Waals surface area contributed by atoms with Crippen molar-refractivity contribution in [3.05, 3.63) is 41.3 Å². The lowest BCUT2D eigenvalue weighted by Crippen LogP contribution is -2.50. The van der Waals surface area contributed by atoms with Crippen LogP contribution in [0.5, 0.6) is 5.75 Å². The molecule has 2 aromatic rings. The molecule has 3 atom stereocenters. The van der Waals surface area contributed by atoms with Crippen molar-refractivity contribution in [2.24, 2.45) is 11.8 Å². The molecule has 0 aliphatic carbocycles. The summed E-state index contributed by atoms with van der Waals surface area (Å²) >= 11 is 0.